The number of halogens is 1. The van der Waals surface area contributed by atoms with E-state index in [4.69, 9.17) is 17.3 Å². The van der Waals surface area contributed by atoms with Crippen molar-refractivity contribution in [3.8, 4) is 0 Å². The van der Waals surface area contributed by atoms with Crippen LogP contribution in [0.25, 0.3) is 0 Å². The van der Waals surface area contributed by atoms with E-state index in [9.17, 15) is 4.79 Å². The third-order valence-corrected chi connectivity index (χ3v) is 3.83. The van der Waals surface area contributed by atoms with E-state index in [0.717, 1.165) is 24.6 Å². The Morgan fingerprint density at radius 3 is 2.69 bits per heavy atom. The number of hydrogen-bond acceptors (Lipinski definition) is 3. The summed E-state index contributed by atoms with van der Waals surface area (Å²) in [6.45, 7) is 1.62. The SMILES string of the molecule is Nc1cc(C(=O)N2CCSCC2)ccc1Cl. The number of carbonyl (C=O) groups is 1. The number of hydrogen-bond donors (Lipinski definition) is 1. The van der Waals surface area contributed by atoms with Crippen LogP contribution in [0.4, 0.5) is 5.69 Å². The predicted molar refractivity (Wildman–Crippen MR) is 69.1 cm³/mol. The summed E-state index contributed by atoms with van der Waals surface area (Å²) >= 11 is 7.70. The molecular formula is C11H13ClN2OS. The van der Waals surface area contributed by atoms with Gasteiger partial charge in [0.05, 0.1) is 10.7 Å². The van der Waals surface area contributed by atoms with Crippen LogP contribution in [0.3, 0.4) is 0 Å². The first-order valence-corrected chi connectivity index (χ1v) is 6.64. The van der Waals surface area contributed by atoms with Gasteiger partial charge in [-0.05, 0) is 18.2 Å². The van der Waals surface area contributed by atoms with Crippen LogP contribution >= 0.6 is 23.4 Å². The first kappa shape index (κ1) is 11.6. The lowest BCUT2D eigenvalue weighted by Crippen LogP contribution is -2.37. The highest BCUT2D eigenvalue weighted by Crippen LogP contribution is 2.21. The van der Waals surface area contributed by atoms with Crippen molar-refractivity contribution in [3.05, 3.63) is 28.8 Å². The number of nitrogens with zero attached hydrogens (tertiary/aromatic N) is 1. The molecule has 16 heavy (non-hydrogen) atoms. The molecule has 0 atom stereocenters. The molecule has 1 fully saturated rings. The lowest BCUT2D eigenvalue weighted by atomic mass is 10.1. The summed E-state index contributed by atoms with van der Waals surface area (Å²) in [6.07, 6.45) is 0. The zero-order valence-electron chi connectivity index (χ0n) is 8.78. The maximum atomic E-state index is 12.1. The number of carbonyl (C=O) groups excluding carboxylic acids is 1. The summed E-state index contributed by atoms with van der Waals surface area (Å²) in [5, 5.41) is 0.491. The van der Waals surface area contributed by atoms with Gasteiger partial charge in [-0.25, -0.2) is 0 Å². The molecule has 2 rings (SSSR count). The van der Waals surface area contributed by atoms with E-state index in [1.165, 1.54) is 0 Å². The normalized spacial score (nSPS) is 16.2. The molecule has 1 amide bonds. The molecule has 0 bridgehead atoms. The minimum absolute atomic E-state index is 0.0451. The van der Waals surface area contributed by atoms with Crippen LogP contribution in [0.2, 0.25) is 5.02 Å². The first-order chi connectivity index (χ1) is 7.68. The van der Waals surface area contributed by atoms with Crippen molar-refractivity contribution in [2.24, 2.45) is 0 Å². The van der Waals surface area contributed by atoms with Crippen molar-refractivity contribution < 1.29 is 4.79 Å². The second-order valence-corrected chi connectivity index (χ2v) is 5.27. The number of amides is 1. The molecule has 1 aliphatic heterocycles. The van der Waals surface area contributed by atoms with Crippen LogP contribution in [0.1, 0.15) is 10.4 Å². The van der Waals surface area contributed by atoms with Crippen LogP contribution in [-0.2, 0) is 0 Å². The van der Waals surface area contributed by atoms with Gasteiger partial charge in [-0.15, -0.1) is 0 Å². The van der Waals surface area contributed by atoms with E-state index in [0.29, 0.717) is 16.3 Å². The Balaban J connectivity index is 2.16. The van der Waals surface area contributed by atoms with E-state index < -0.39 is 0 Å². The number of nitrogens with two attached hydrogens (primary N) is 1. The van der Waals surface area contributed by atoms with Crippen LogP contribution in [0.5, 0.6) is 0 Å². The average Bonchev–Trinajstić information content (AvgIpc) is 2.33. The summed E-state index contributed by atoms with van der Waals surface area (Å²) in [6, 6.07) is 5.04. The highest BCUT2D eigenvalue weighted by molar-refractivity contribution is 7.99. The van der Waals surface area contributed by atoms with E-state index in [2.05, 4.69) is 0 Å². The quantitative estimate of drug-likeness (QED) is 0.783. The number of nitrogen functional groups attached to an aromatic ring is 1. The third-order valence-electron chi connectivity index (χ3n) is 2.54. The number of anilines is 1. The fraction of sp³-hybridized carbons (Fsp3) is 0.364. The molecule has 0 radical (unpaired) electrons. The zero-order chi connectivity index (χ0) is 11.5. The van der Waals surface area contributed by atoms with Gasteiger partial charge in [0, 0.05) is 30.2 Å². The lowest BCUT2D eigenvalue weighted by molar-refractivity contribution is 0.0772. The molecule has 3 nitrogen and oxygen atoms in total. The maximum absolute atomic E-state index is 12.1. The summed E-state index contributed by atoms with van der Waals surface area (Å²) in [7, 11) is 0. The number of rotatable bonds is 1. The second-order valence-electron chi connectivity index (χ2n) is 3.64. The van der Waals surface area contributed by atoms with Gasteiger partial charge in [0.2, 0.25) is 0 Å². The minimum Gasteiger partial charge on any atom is -0.398 e. The van der Waals surface area contributed by atoms with Crippen molar-refractivity contribution in [2.45, 2.75) is 0 Å². The van der Waals surface area contributed by atoms with Crippen molar-refractivity contribution >= 4 is 35.0 Å². The standard InChI is InChI=1S/C11H13ClN2OS/c12-9-2-1-8(7-10(9)13)11(15)14-3-5-16-6-4-14/h1-2,7H,3-6,13H2. The molecule has 2 N–H and O–H groups in total. The topological polar surface area (TPSA) is 46.3 Å². The van der Waals surface area contributed by atoms with Crippen molar-refractivity contribution in [1.29, 1.82) is 0 Å². The molecular weight excluding hydrogens is 244 g/mol. The summed E-state index contributed by atoms with van der Waals surface area (Å²) in [5.41, 5.74) is 6.76. The van der Waals surface area contributed by atoms with Gasteiger partial charge in [-0.3, -0.25) is 4.79 Å². The molecule has 86 valence electrons. The largest absolute Gasteiger partial charge is 0.398 e. The molecule has 1 saturated heterocycles. The van der Waals surface area contributed by atoms with Crippen LogP contribution in [0.15, 0.2) is 18.2 Å². The Morgan fingerprint density at radius 2 is 2.06 bits per heavy atom. The van der Waals surface area contributed by atoms with Crippen LogP contribution < -0.4 is 5.73 Å². The van der Waals surface area contributed by atoms with Gasteiger partial charge >= 0.3 is 0 Å². The number of benzene rings is 1. The highest BCUT2D eigenvalue weighted by Gasteiger charge is 2.18. The van der Waals surface area contributed by atoms with E-state index in [1.54, 1.807) is 18.2 Å². The summed E-state index contributed by atoms with van der Waals surface area (Å²) < 4.78 is 0. The predicted octanol–water partition coefficient (Wildman–Crippen LogP) is 2.11. The Morgan fingerprint density at radius 1 is 1.38 bits per heavy atom. The molecule has 0 aromatic heterocycles. The maximum Gasteiger partial charge on any atom is 0.253 e. The van der Waals surface area contributed by atoms with Gasteiger partial charge in [-0.2, -0.15) is 11.8 Å². The van der Waals surface area contributed by atoms with Crippen LogP contribution in [0, 0.1) is 0 Å². The monoisotopic (exact) mass is 256 g/mol. The highest BCUT2D eigenvalue weighted by atomic mass is 35.5. The molecule has 1 heterocycles. The van der Waals surface area contributed by atoms with Crippen molar-refractivity contribution in [2.75, 3.05) is 30.3 Å². The van der Waals surface area contributed by atoms with Crippen molar-refractivity contribution in [1.82, 2.24) is 4.90 Å². The van der Waals surface area contributed by atoms with Crippen LogP contribution in [-0.4, -0.2) is 35.4 Å². The van der Waals surface area contributed by atoms with E-state index >= 15 is 0 Å². The van der Waals surface area contributed by atoms with Gasteiger partial charge in [0.25, 0.3) is 5.91 Å². The fourth-order valence-corrected chi connectivity index (χ4v) is 2.65. The molecule has 1 aromatic rings. The van der Waals surface area contributed by atoms with Gasteiger partial charge in [0.1, 0.15) is 0 Å². The van der Waals surface area contributed by atoms with E-state index in [-0.39, 0.29) is 5.91 Å². The lowest BCUT2D eigenvalue weighted by Gasteiger charge is -2.26. The molecule has 5 heteroatoms. The number of thioether (sulfide) groups is 1. The Bertz CT molecular complexity index is 405. The Kier molecular flexibility index (Phi) is 3.61. The molecule has 0 spiro atoms. The van der Waals surface area contributed by atoms with Gasteiger partial charge < -0.3 is 10.6 Å². The smallest absolute Gasteiger partial charge is 0.253 e. The summed E-state index contributed by atoms with van der Waals surface area (Å²) in [5.74, 6) is 2.06. The zero-order valence-corrected chi connectivity index (χ0v) is 10.4. The van der Waals surface area contributed by atoms with E-state index in [1.807, 2.05) is 16.7 Å². The Labute approximate surface area is 104 Å². The minimum atomic E-state index is 0.0451. The molecule has 0 aliphatic carbocycles. The summed E-state index contributed by atoms with van der Waals surface area (Å²) in [4.78, 5) is 13.9. The van der Waals surface area contributed by atoms with Crippen molar-refractivity contribution in [3.63, 3.8) is 0 Å². The second kappa shape index (κ2) is 4.97. The average molecular weight is 257 g/mol. The van der Waals surface area contributed by atoms with Gasteiger partial charge in [-0.1, -0.05) is 11.6 Å². The molecule has 1 aliphatic rings. The molecule has 0 unspecified atom stereocenters. The third kappa shape index (κ3) is 2.44. The molecule has 1 aromatic carbocycles. The van der Waals surface area contributed by atoms with Gasteiger partial charge in [0.15, 0.2) is 0 Å². The first-order valence-electron chi connectivity index (χ1n) is 5.10. The molecule has 0 saturated carbocycles. The Hall–Kier alpha value is -0.870. The fourth-order valence-electron chi connectivity index (χ4n) is 1.63.